The lowest BCUT2D eigenvalue weighted by Gasteiger charge is -2.18. The van der Waals surface area contributed by atoms with Crippen LogP contribution in [0.4, 0.5) is 0 Å². The average Bonchev–Trinajstić information content (AvgIpc) is 3.79. The normalized spacial score (nSPS) is 17.0. The summed E-state index contributed by atoms with van der Waals surface area (Å²) >= 11 is 0. The molecular weight excluding hydrogens is 619 g/mol. The number of carbonyl (C=O) groups is 2. The van der Waals surface area contributed by atoms with Gasteiger partial charge in [-0.25, -0.2) is 4.57 Å². The molecule has 1 rings (SSSR count). The zero-order valence-electron chi connectivity index (χ0n) is 29.6. The van der Waals surface area contributed by atoms with E-state index in [0.29, 0.717) is 25.0 Å². The molecule has 0 aliphatic carbocycles. The van der Waals surface area contributed by atoms with Gasteiger partial charge in [0.1, 0.15) is 6.61 Å². The van der Waals surface area contributed by atoms with Crippen LogP contribution >= 0.6 is 7.82 Å². The van der Waals surface area contributed by atoms with Crippen molar-refractivity contribution in [2.75, 3.05) is 13.2 Å². The van der Waals surface area contributed by atoms with Gasteiger partial charge in [-0.15, -0.1) is 0 Å². The highest BCUT2D eigenvalue weighted by molar-refractivity contribution is 7.46. The Labute approximate surface area is 285 Å². The van der Waals surface area contributed by atoms with Gasteiger partial charge >= 0.3 is 19.8 Å². The molecular formula is C37H67O9P. The van der Waals surface area contributed by atoms with Gasteiger partial charge in [-0.3, -0.25) is 14.1 Å². The SMILES string of the molecule is CCCCC/C=C\CC1OC1CCCCCCCC(=O)O[C@H](COC(=O)CCCCCCC/C=C\CCCCCC)COP(=O)(O)O. The summed E-state index contributed by atoms with van der Waals surface area (Å²) in [5.41, 5.74) is 0. The third-order valence-electron chi connectivity index (χ3n) is 8.37. The minimum Gasteiger partial charge on any atom is -0.462 e. The molecule has 0 aromatic carbocycles. The van der Waals surface area contributed by atoms with E-state index in [0.717, 1.165) is 77.0 Å². The van der Waals surface area contributed by atoms with Gasteiger partial charge in [0, 0.05) is 12.8 Å². The fraction of sp³-hybridized carbons (Fsp3) is 0.838. The van der Waals surface area contributed by atoms with Gasteiger partial charge in [0.25, 0.3) is 0 Å². The predicted molar refractivity (Wildman–Crippen MR) is 188 cm³/mol. The molecule has 0 bridgehead atoms. The van der Waals surface area contributed by atoms with Crippen LogP contribution in [0.3, 0.4) is 0 Å². The largest absolute Gasteiger partial charge is 0.469 e. The summed E-state index contributed by atoms with van der Waals surface area (Å²) in [4.78, 5) is 42.7. The number of hydrogen-bond acceptors (Lipinski definition) is 7. The number of epoxide rings is 1. The molecule has 3 atom stereocenters. The van der Waals surface area contributed by atoms with E-state index in [1.165, 1.54) is 51.4 Å². The molecule has 0 radical (unpaired) electrons. The lowest BCUT2D eigenvalue weighted by molar-refractivity contribution is -0.161. The number of phosphoric acid groups is 1. The van der Waals surface area contributed by atoms with E-state index in [9.17, 15) is 14.2 Å². The van der Waals surface area contributed by atoms with Crippen molar-refractivity contribution in [1.29, 1.82) is 0 Å². The smallest absolute Gasteiger partial charge is 0.462 e. The lowest BCUT2D eigenvalue weighted by Crippen LogP contribution is -2.29. The fourth-order valence-electron chi connectivity index (χ4n) is 5.43. The maximum atomic E-state index is 12.4. The highest BCUT2D eigenvalue weighted by Gasteiger charge is 2.36. The third kappa shape index (κ3) is 29.2. The van der Waals surface area contributed by atoms with Crippen LogP contribution in [0.2, 0.25) is 0 Å². The van der Waals surface area contributed by atoms with Crippen molar-refractivity contribution in [3.8, 4) is 0 Å². The first-order valence-corrected chi connectivity index (χ1v) is 20.3. The molecule has 9 nitrogen and oxygen atoms in total. The van der Waals surface area contributed by atoms with E-state index < -0.39 is 32.5 Å². The van der Waals surface area contributed by atoms with E-state index >= 15 is 0 Å². The van der Waals surface area contributed by atoms with Gasteiger partial charge in [-0.1, -0.05) is 115 Å². The predicted octanol–water partition coefficient (Wildman–Crippen LogP) is 9.83. The fourth-order valence-corrected chi connectivity index (χ4v) is 5.79. The number of allylic oxidation sites excluding steroid dienone is 3. The first-order valence-electron chi connectivity index (χ1n) is 18.8. The zero-order chi connectivity index (χ0) is 34.4. The minimum absolute atomic E-state index is 0.188. The van der Waals surface area contributed by atoms with Crippen LogP contribution in [-0.4, -0.2) is 53.3 Å². The number of carbonyl (C=O) groups excluding carboxylic acids is 2. The van der Waals surface area contributed by atoms with Crippen LogP contribution in [0, 0.1) is 0 Å². The van der Waals surface area contributed by atoms with Gasteiger partial charge in [-0.05, 0) is 64.2 Å². The van der Waals surface area contributed by atoms with Crippen LogP contribution in [0.1, 0.15) is 168 Å². The van der Waals surface area contributed by atoms with E-state index in [4.69, 9.17) is 24.0 Å². The molecule has 0 spiro atoms. The Balaban J connectivity index is 2.11. The minimum atomic E-state index is -4.76. The summed E-state index contributed by atoms with van der Waals surface area (Å²) in [7, 11) is -4.76. The van der Waals surface area contributed by atoms with E-state index in [2.05, 4.69) is 42.7 Å². The van der Waals surface area contributed by atoms with Crippen molar-refractivity contribution in [2.45, 2.75) is 186 Å². The first-order chi connectivity index (χ1) is 22.7. The molecule has 1 saturated heterocycles. The number of ether oxygens (including phenoxy) is 3. The summed E-state index contributed by atoms with van der Waals surface area (Å²) < 4.78 is 32.1. The van der Waals surface area contributed by atoms with Crippen LogP contribution in [-0.2, 0) is 32.9 Å². The van der Waals surface area contributed by atoms with E-state index in [1.807, 2.05) is 0 Å². The summed E-state index contributed by atoms with van der Waals surface area (Å²) in [6.07, 6.45) is 33.4. The van der Waals surface area contributed by atoms with Crippen molar-refractivity contribution < 1.29 is 42.7 Å². The summed E-state index contributed by atoms with van der Waals surface area (Å²) in [6, 6.07) is 0. The Morgan fingerprint density at radius 2 is 1.17 bits per heavy atom. The van der Waals surface area contributed by atoms with Crippen LogP contribution in [0.25, 0.3) is 0 Å². The number of esters is 2. The second-order valence-electron chi connectivity index (χ2n) is 12.9. The van der Waals surface area contributed by atoms with Crippen LogP contribution in [0.15, 0.2) is 24.3 Å². The maximum Gasteiger partial charge on any atom is 0.469 e. The van der Waals surface area contributed by atoms with Gasteiger partial charge < -0.3 is 24.0 Å². The third-order valence-corrected chi connectivity index (χ3v) is 8.85. The monoisotopic (exact) mass is 686 g/mol. The van der Waals surface area contributed by atoms with Crippen LogP contribution < -0.4 is 0 Å². The molecule has 1 heterocycles. The number of hydrogen-bond donors (Lipinski definition) is 2. The molecule has 47 heavy (non-hydrogen) atoms. The molecule has 0 aromatic heterocycles. The van der Waals surface area contributed by atoms with Gasteiger partial charge in [0.15, 0.2) is 6.10 Å². The molecule has 0 aromatic rings. The van der Waals surface area contributed by atoms with Crippen molar-refractivity contribution in [3.63, 3.8) is 0 Å². The maximum absolute atomic E-state index is 12.4. The number of unbranched alkanes of at least 4 members (excludes halogenated alkanes) is 16. The van der Waals surface area contributed by atoms with Gasteiger partial charge in [0.05, 0.1) is 18.8 Å². The molecule has 1 aliphatic heterocycles. The Morgan fingerprint density at radius 1 is 0.660 bits per heavy atom. The average molecular weight is 687 g/mol. The summed E-state index contributed by atoms with van der Waals surface area (Å²) in [5.74, 6) is -0.918. The molecule has 1 fully saturated rings. The van der Waals surface area contributed by atoms with Crippen molar-refractivity contribution in [1.82, 2.24) is 0 Å². The Bertz CT molecular complexity index is 885. The lowest BCUT2D eigenvalue weighted by atomic mass is 10.1. The first kappa shape index (κ1) is 43.5. The Hall–Kier alpha value is -1.51. The van der Waals surface area contributed by atoms with Crippen molar-refractivity contribution >= 4 is 19.8 Å². The quantitative estimate of drug-likeness (QED) is 0.0228. The molecule has 2 unspecified atom stereocenters. The molecule has 274 valence electrons. The van der Waals surface area contributed by atoms with Crippen molar-refractivity contribution in [3.05, 3.63) is 24.3 Å². The number of phosphoric ester groups is 1. The van der Waals surface area contributed by atoms with Gasteiger partial charge in [-0.2, -0.15) is 0 Å². The standard InChI is InChI=1S/C37H67O9P/c1-3-5-7-9-11-12-13-14-15-16-17-21-25-29-36(38)43-31-33(32-44-47(40,41)42)45-37(39)30-26-22-18-20-24-28-35-34(46-35)27-23-19-10-8-6-4-2/h12-13,19,23,33-35H,3-11,14-18,20-22,24-32H2,1-2H3,(H2,40,41,42)/b13-12-,23-19-/t33-,34?,35?/m1/s1. The summed E-state index contributed by atoms with van der Waals surface area (Å²) in [6.45, 7) is 3.60. The molecule has 2 N–H and O–H groups in total. The molecule has 10 heteroatoms. The zero-order valence-corrected chi connectivity index (χ0v) is 30.5. The van der Waals surface area contributed by atoms with Crippen molar-refractivity contribution in [2.24, 2.45) is 0 Å². The second kappa shape index (κ2) is 29.4. The van der Waals surface area contributed by atoms with Crippen LogP contribution in [0.5, 0.6) is 0 Å². The summed E-state index contributed by atoms with van der Waals surface area (Å²) in [5, 5.41) is 0. The number of rotatable bonds is 33. The topological polar surface area (TPSA) is 132 Å². The molecule has 0 saturated carbocycles. The van der Waals surface area contributed by atoms with Gasteiger partial charge in [0.2, 0.25) is 0 Å². The molecule has 1 aliphatic rings. The highest BCUT2D eigenvalue weighted by Crippen LogP contribution is 2.36. The van der Waals surface area contributed by atoms with E-state index in [-0.39, 0.29) is 19.4 Å². The van der Waals surface area contributed by atoms with E-state index in [1.54, 1.807) is 0 Å². The Morgan fingerprint density at radius 3 is 1.81 bits per heavy atom. The second-order valence-corrected chi connectivity index (χ2v) is 14.2. The Kier molecular flexibility index (Phi) is 27.2. The highest BCUT2D eigenvalue weighted by atomic mass is 31.2. The molecule has 0 amide bonds.